The molecular weight excluding hydrogens is 232 g/mol. The van der Waals surface area contributed by atoms with Crippen LogP contribution in [0.1, 0.15) is 52.5 Å². The van der Waals surface area contributed by atoms with Crippen molar-refractivity contribution in [3.63, 3.8) is 0 Å². The summed E-state index contributed by atoms with van der Waals surface area (Å²) >= 11 is 0. The number of rotatable bonds is 3. The van der Waals surface area contributed by atoms with Gasteiger partial charge in [-0.2, -0.15) is 0 Å². The van der Waals surface area contributed by atoms with Gasteiger partial charge in [0.25, 0.3) is 0 Å². The molecule has 1 atom stereocenters. The minimum atomic E-state index is -0.131. The molecule has 1 aliphatic heterocycles. The van der Waals surface area contributed by atoms with Crippen LogP contribution in [0.2, 0.25) is 0 Å². The summed E-state index contributed by atoms with van der Waals surface area (Å²) in [6.07, 6.45) is 6.19. The summed E-state index contributed by atoms with van der Waals surface area (Å²) in [4.78, 5) is 0. The van der Waals surface area contributed by atoms with E-state index in [4.69, 9.17) is 4.74 Å². The zero-order valence-corrected chi connectivity index (χ0v) is 12.6. The second kappa shape index (κ2) is 5.92. The lowest BCUT2D eigenvalue weighted by Gasteiger charge is -2.39. The summed E-state index contributed by atoms with van der Waals surface area (Å²) in [7, 11) is 0. The van der Waals surface area contributed by atoms with E-state index >= 15 is 0 Å². The Morgan fingerprint density at radius 3 is 2.53 bits per heavy atom. The number of ether oxygens (including phenoxy) is 1. The highest BCUT2D eigenvalue weighted by Gasteiger charge is 2.32. The minimum absolute atomic E-state index is 0.131. The van der Waals surface area contributed by atoms with Gasteiger partial charge in [-0.05, 0) is 50.2 Å². The molecule has 0 unspecified atom stereocenters. The SMILES string of the molecule is CC(C)C[C@@H]1CC/C(=C/c2ccccc2)C(C)(C)O1. The lowest BCUT2D eigenvalue weighted by atomic mass is 9.85. The Balaban J connectivity index is 2.10. The van der Waals surface area contributed by atoms with E-state index in [9.17, 15) is 0 Å². The molecule has 0 bridgehead atoms. The highest BCUT2D eigenvalue weighted by Crippen LogP contribution is 2.36. The summed E-state index contributed by atoms with van der Waals surface area (Å²) in [5.41, 5.74) is 2.56. The zero-order chi connectivity index (χ0) is 13.9. The minimum Gasteiger partial charge on any atom is -0.368 e. The van der Waals surface area contributed by atoms with Crippen LogP contribution in [-0.2, 0) is 4.74 Å². The van der Waals surface area contributed by atoms with E-state index in [1.807, 2.05) is 0 Å². The third kappa shape index (κ3) is 3.94. The topological polar surface area (TPSA) is 9.23 Å². The average molecular weight is 258 g/mol. The largest absolute Gasteiger partial charge is 0.368 e. The van der Waals surface area contributed by atoms with Gasteiger partial charge in [0.15, 0.2) is 0 Å². The molecule has 0 radical (unpaired) electrons. The third-order valence-corrected chi connectivity index (χ3v) is 3.85. The van der Waals surface area contributed by atoms with Gasteiger partial charge < -0.3 is 4.74 Å². The van der Waals surface area contributed by atoms with Gasteiger partial charge in [-0.3, -0.25) is 0 Å². The molecule has 0 amide bonds. The van der Waals surface area contributed by atoms with E-state index in [0.29, 0.717) is 12.0 Å². The quantitative estimate of drug-likeness (QED) is 0.735. The van der Waals surface area contributed by atoms with Crippen LogP contribution >= 0.6 is 0 Å². The van der Waals surface area contributed by atoms with E-state index < -0.39 is 0 Å². The zero-order valence-electron chi connectivity index (χ0n) is 12.6. The van der Waals surface area contributed by atoms with Crippen molar-refractivity contribution in [1.82, 2.24) is 0 Å². The number of hydrogen-bond donors (Lipinski definition) is 0. The fourth-order valence-corrected chi connectivity index (χ4v) is 2.86. The predicted molar refractivity (Wildman–Crippen MR) is 82.1 cm³/mol. The lowest BCUT2D eigenvalue weighted by Crippen LogP contribution is -2.38. The van der Waals surface area contributed by atoms with Crippen molar-refractivity contribution in [3.8, 4) is 0 Å². The Morgan fingerprint density at radius 1 is 1.26 bits per heavy atom. The second-order valence-electron chi connectivity index (χ2n) is 6.50. The molecule has 0 aliphatic carbocycles. The second-order valence-corrected chi connectivity index (χ2v) is 6.50. The molecule has 19 heavy (non-hydrogen) atoms. The van der Waals surface area contributed by atoms with Crippen LogP contribution in [0.3, 0.4) is 0 Å². The van der Waals surface area contributed by atoms with Gasteiger partial charge in [0.05, 0.1) is 11.7 Å². The van der Waals surface area contributed by atoms with Crippen molar-refractivity contribution in [2.24, 2.45) is 5.92 Å². The summed E-state index contributed by atoms with van der Waals surface area (Å²) in [5, 5.41) is 0. The van der Waals surface area contributed by atoms with Crippen LogP contribution in [0.5, 0.6) is 0 Å². The first kappa shape index (κ1) is 14.3. The van der Waals surface area contributed by atoms with Crippen LogP contribution in [0, 0.1) is 5.92 Å². The van der Waals surface area contributed by atoms with E-state index in [0.717, 1.165) is 12.8 Å². The van der Waals surface area contributed by atoms with Crippen LogP contribution in [0.25, 0.3) is 6.08 Å². The molecule has 1 aromatic rings. The van der Waals surface area contributed by atoms with Crippen LogP contribution in [0.4, 0.5) is 0 Å². The van der Waals surface area contributed by atoms with Gasteiger partial charge in [-0.15, -0.1) is 0 Å². The highest BCUT2D eigenvalue weighted by molar-refractivity contribution is 5.55. The number of hydrogen-bond acceptors (Lipinski definition) is 1. The normalized spacial score (nSPS) is 24.9. The summed E-state index contributed by atoms with van der Waals surface area (Å²) in [5.74, 6) is 0.709. The molecule has 0 N–H and O–H groups in total. The molecule has 1 heterocycles. The van der Waals surface area contributed by atoms with Crippen LogP contribution in [0.15, 0.2) is 35.9 Å². The van der Waals surface area contributed by atoms with Gasteiger partial charge in [0, 0.05) is 0 Å². The van der Waals surface area contributed by atoms with Crippen molar-refractivity contribution in [1.29, 1.82) is 0 Å². The molecule has 1 nitrogen and oxygen atoms in total. The fraction of sp³-hybridized carbons (Fsp3) is 0.556. The average Bonchev–Trinajstić information content (AvgIpc) is 2.33. The van der Waals surface area contributed by atoms with Gasteiger partial charge in [0.2, 0.25) is 0 Å². The maximum Gasteiger partial charge on any atom is 0.0842 e. The van der Waals surface area contributed by atoms with Crippen molar-refractivity contribution < 1.29 is 4.74 Å². The molecule has 104 valence electrons. The Labute approximate surface area is 117 Å². The van der Waals surface area contributed by atoms with E-state index in [2.05, 4.69) is 64.1 Å². The molecule has 1 fully saturated rings. The Kier molecular flexibility index (Phi) is 4.46. The standard InChI is InChI=1S/C18H26O/c1-14(2)12-17-11-10-16(18(3,4)19-17)13-15-8-6-5-7-9-15/h5-9,13-14,17H,10-12H2,1-4H3/b16-13-/t17-/m0/s1. The van der Waals surface area contributed by atoms with Gasteiger partial charge in [-0.1, -0.05) is 50.3 Å². The molecule has 0 saturated carbocycles. The first-order valence-electron chi connectivity index (χ1n) is 7.41. The Hall–Kier alpha value is -1.08. The summed E-state index contributed by atoms with van der Waals surface area (Å²) in [6.45, 7) is 8.94. The van der Waals surface area contributed by atoms with Gasteiger partial charge in [-0.25, -0.2) is 0 Å². The van der Waals surface area contributed by atoms with Gasteiger partial charge in [0.1, 0.15) is 0 Å². The van der Waals surface area contributed by atoms with Crippen LogP contribution in [-0.4, -0.2) is 11.7 Å². The van der Waals surface area contributed by atoms with Crippen LogP contribution < -0.4 is 0 Å². The molecule has 1 aromatic carbocycles. The number of benzene rings is 1. The maximum absolute atomic E-state index is 6.30. The van der Waals surface area contributed by atoms with Crippen molar-refractivity contribution in [2.45, 2.75) is 58.7 Å². The fourth-order valence-electron chi connectivity index (χ4n) is 2.86. The van der Waals surface area contributed by atoms with E-state index in [1.165, 1.54) is 17.6 Å². The Morgan fingerprint density at radius 2 is 1.95 bits per heavy atom. The third-order valence-electron chi connectivity index (χ3n) is 3.85. The van der Waals surface area contributed by atoms with E-state index in [1.54, 1.807) is 0 Å². The van der Waals surface area contributed by atoms with Crippen molar-refractivity contribution in [3.05, 3.63) is 41.5 Å². The summed E-state index contributed by atoms with van der Waals surface area (Å²) in [6, 6.07) is 10.5. The lowest BCUT2D eigenvalue weighted by molar-refractivity contribution is -0.0793. The monoisotopic (exact) mass is 258 g/mol. The molecule has 0 spiro atoms. The smallest absolute Gasteiger partial charge is 0.0842 e. The molecule has 1 saturated heterocycles. The summed E-state index contributed by atoms with van der Waals surface area (Å²) < 4.78 is 6.30. The molecular formula is C18H26O. The predicted octanol–water partition coefficient (Wildman–Crippen LogP) is 5.07. The highest BCUT2D eigenvalue weighted by atomic mass is 16.5. The molecule has 1 aliphatic rings. The van der Waals surface area contributed by atoms with E-state index in [-0.39, 0.29) is 5.60 Å². The van der Waals surface area contributed by atoms with Gasteiger partial charge >= 0.3 is 0 Å². The van der Waals surface area contributed by atoms with Crippen molar-refractivity contribution in [2.75, 3.05) is 0 Å². The Bertz CT molecular complexity index is 428. The molecule has 2 rings (SSSR count). The molecule has 0 aromatic heterocycles. The first-order chi connectivity index (χ1) is 8.97. The first-order valence-corrected chi connectivity index (χ1v) is 7.41. The maximum atomic E-state index is 6.30. The molecule has 1 heteroatoms. The van der Waals surface area contributed by atoms with Crippen molar-refractivity contribution >= 4 is 6.08 Å².